The van der Waals surface area contributed by atoms with Crippen molar-refractivity contribution in [2.45, 2.75) is 45.3 Å². The van der Waals surface area contributed by atoms with Crippen molar-refractivity contribution in [3.05, 3.63) is 53.8 Å². The number of hydrogen-bond donors (Lipinski definition) is 3. The third-order valence-electron chi connectivity index (χ3n) is 5.76. The molecule has 0 unspecified atom stereocenters. The lowest BCUT2D eigenvalue weighted by Crippen LogP contribution is -3.00. The Bertz CT molecular complexity index is 1010. The molecule has 0 aliphatic carbocycles. The molecule has 3 N–H and O–H groups in total. The van der Waals surface area contributed by atoms with E-state index >= 15 is 0 Å². The van der Waals surface area contributed by atoms with E-state index in [0.717, 1.165) is 63.1 Å². The first-order valence-electron chi connectivity index (χ1n) is 12.4. The van der Waals surface area contributed by atoms with E-state index < -0.39 is 0 Å². The second kappa shape index (κ2) is 19.3. The Labute approximate surface area is 241 Å². The van der Waals surface area contributed by atoms with Crippen LogP contribution in [0, 0.1) is 17.4 Å². The number of benzene rings is 1. The van der Waals surface area contributed by atoms with E-state index in [4.69, 9.17) is 26.3 Å². The number of carbonyl (C=O) groups excluding carboxylic acids is 1. The summed E-state index contributed by atoms with van der Waals surface area (Å²) < 4.78 is 12.9. The van der Waals surface area contributed by atoms with Crippen LogP contribution in [0.4, 0.5) is 5.69 Å². The molecule has 2 heterocycles. The summed E-state index contributed by atoms with van der Waals surface area (Å²) in [5, 5.41) is 18.7. The van der Waals surface area contributed by atoms with Gasteiger partial charge in [-0.15, -0.1) is 12.4 Å². The largest absolute Gasteiger partial charge is 1.00 e. The molecule has 1 fully saturated rings. The number of nitrogens with one attached hydrogen (secondary N) is 3. The Morgan fingerprint density at radius 1 is 1.11 bits per heavy atom. The van der Waals surface area contributed by atoms with Gasteiger partial charge >= 0.3 is 5.97 Å². The van der Waals surface area contributed by atoms with Gasteiger partial charge in [-0.3, -0.25) is 15.1 Å². The van der Waals surface area contributed by atoms with Crippen LogP contribution in [-0.4, -0.2) is 38.2 Å². The average Bonchev–Trinajstić information content (AvgIpc) is 2.91. The Morgan fingerprint density at radius 2 is 1.79 bits per heavy atom. The van der Waals surface area contributed by atoms with E-state index in [2.05, 4.69) is 20.9 Å². The van der Waals surface area contributed by atoms with E-state index in [-0.39, 0.29) is 43.4 Å². The number of rotatable bonds is 12. The second-order valence-corrected chi connectivity index (χ2v) is 8.96. The molecule has 0 atom stereocenters. The predicted molar refractivity (Wildman–Crippen MR) is 146 cm³/mol. The zero-order chi connectivity index (χ0) is 25.4. The fraction of sp³-hybridized carbons (Fsp3) is 0.462. The molecule has 208 valence electrons. The lowest BCUT2D eigenvalue weighted by atomic mass is 9.99. The van der Waals surface area contributed by atoms with Crippen LogP contribution in [0.25, 0.3) is 0 Å². The summed E-state index contributed by atoms with van der Waals surface area (Å²) in [6, 6.07) is 11.0. The van der Waals surface area contributed by atoms with E-state index in [1.165, 1.54) is 0 Å². The predicted octanol–water partition coefficient (Wildman–Crippen LogP) is 1.03. The third kappa shape index (κ3) is 12.7. The Balaban J connectivity index is 0.00000361. The number of hydrogen-bond acceptors (Lipinski definition) is 6. The molecule has 0 radical (unpaired) electrons. The molecule has 1 aliphatic rings. The highest BCUT2D eigenvalue weighted by Gasteiger charge is 2.23. The van der Waals surface area contributed by atoms with Gasteiger partial charge in [-0.05, 0) is 69.5 Å². The van der Waals surface area contributed by atoms with E-state index in [9.17, 15) is 4.79 Å². The first-order chi connectivity index (χ1) is 17.6. The molecular weight excluding hydrogens is 551 g/mol. The Hall–Kier alpha value is -2.77. The molecule has 1 aromatic heterocycles. The molecule has 3 rings (SSSR count). The molecule has 1 saturated heterocycles. The van der Waals surface area contributed by atoms with Gasteiger partial charge in [0, 0.05) is 23.7 Å². The summed E-state index contributed by atoms with van der Waals surface area (Å²) in [5.74, 6) is 1.06. The topological polar surface area (TPSA) is 112 Å². The maximum absolute atomic E-state index is 12.2. The van der Waals surface area contributed by atoms with Gasteiger partial charge in [0.1, 0.15) is 5.75 Å². The quantitative estimate of drug-likeness (QED) is 0.0649. The maximum atomic E-state index is 12.2. The number of nitriles is 1. The number of ether oxygens (including phenoxy) is 2. The van der Waals surface area contributed by atoms with Gasteiger partial charge in [0.25, 0.3) is 6.73 Å². The normalized spacial score (nSPS) is 13.3. The van der Waals surface area contributed by atoms with Gasteiger partial charge in [0.15, 0.2) is 18.6 Å². The lowest BCUT2D eigenvalue weighted by Gasteiger charge is -2.20. The van der Waals surface area contributed by atoms with Crippen molar-refractivity contribution in [1.82, 2.24) is 10.6 Å². The monoisotopic (exact) mass is 584 g/mol. The van der Waals surface area contributed by atoms with E-state index in [0.29, 0.717) is 24.1 Å². The van der Waals surface area contributed by atoms with Gasteiger partial charge in [0.05, 0.1) is 18.2 Å². The van der Waals surface area contributed by atoms with Crippen molar-refractivity contribution in [2.75, 3.05) is 31.6 Å². The number of piperidine rings is 1. The lowest BCUT2D eigenvalue weighted by molar-refractivity contribution is -0.727. The van der Waals surface area contributed by atoms with Gasteiger partial charge in [-0.2, -0.15) is 9.83 Å². The number of aromatic nitrogens is 1. The van der Waals surface area contributed by atoms with Crippen LogP contribution in [0.3, 0.4) is 0 Å². The molecule has 0 spiro atoms. The van der Waals surface area contributed by atoms with Crippen LogP contribution in [0.1, 0.15) is 38.5 Å². The smallest absolute Gasteiger partial charge is 0.313 e. The third-order valence-corrected chi connectivity index (χ3v) is 6.01. The molecule has 9 nitrogen and oxygen atoms in total. The van der Waals surface area contributed by atoms with Crippen molar-refractivity contribution in [3.63, 3.8) is 0 Å². The average molecular weight is 586 g/mol. The molecule has 0 amide bonds. The number of unbranched alkanes of at least 4 members (excludes halogenated alkanes) is 3. The van der Waals surface area contributed by atoms with E-state index in [1.807, 2.05) is 55.0 Å². The van der Waals surface area contributed by atoms with Crippen LogP contribution < -0.4 is 37.7 Å². The van der Waals surface area contributed by atoms with Crippen LogP contribution in [-0.2, 0) is 16.3 Å². The number of aliphatic imine (C=N–C) groups is 1. The molecular formula is C26H35Cl3N6O3. The number of carbonyl (C=O) groups is 1. The van der Waals surface area contributed by atoms with Gasteiger partial charge in [0.2, 0.25) is 5.96 Å². The fourth-order valence-corrected chi connectivity index (χ4v) is 3.85. The first kappa shape index (κ1) is 33.3. The SMILES string of the molecule is Cl.N#CNC(=NCCCCCCOc1ccc(Cl)cc1)Nc1cc[n+](COC(=O)C2CCNCC2)cc1.[Cl-]. The summed E-state index contributed by atoms with van der Waals surface area (Å²) in [5.41, 5.74) is 0.775. The summed E-state index contributed by atoms with van der Waals surface area (Å²) in [6.07, 6.45) is 11.1. The fourth-order valence-electron chi connectivity index (χ4n) is 3.72. The van der Waals surface area contributed by atoms with Gasteiger partial charge in [-0.1, -0.05) is 18.0 Å². The molecule has 0 saturated carbocycles. The minimum atomic E-state index is -0.145. The zero-order valence-electron chi connectivity index (χ0n) is 21.2. The molecule has 1 aliphatic heterocycles. The summed E-state index contributed by atoms with van der Waals surface area (Å²) in [4.78, 5) is 16.6. The van der Waals surface area contributed by atoms with Crippen LogP contribution in [0.15, 0.2) is 53.8 Å². The van der Waals surface area contributed by atoms with Crippen molar-refractivity contribution < 1.29 is 31.2 Å². The zero-order valence-corrected chi connectivity index (χ0v) is 23.5. The molecule has 1 aromatic carbocycles. The van der Waals surface area contributed by atoms with E-state index in [1.54, 1.807) is 4.57 Å². The Kier molecular flexibility index (Phi) is 16.9. The van der Waals surface area contributed by atoms with Crippen molar-refractivity contribution in [1.29, 1.82) is 5.26 Å². The van der Waals surface area contributed by atoms with Gasteiger partial charge < -0.3 is 32.5 Å². The number of nitrogens with zero attached hydrogens (tertiary/aromatic N) is 3. The van der Waals surface area contributed by atoms with Crippen LogP contribution in [0.5, 0.6) is 5.75 Å². The minimum Gasteiger partial charge on any atom is -1.00 e. The number of anilines is 1. The summed E-state index contributed by atoms with van der Waals surface area (Å²) >= 11 is 5.87. The first-order valence-corrected chi connectivity index (χ1v) is 12.7. The molecule has 38 heavy (non-hydrogen) atoms. The minimum absolute atomic E-state index is 0. The Morgan fingerprint density at radius 3 is 2.47 bits per heavy atom. The second-order valence-electron chi connectivity index (χ2n) is 8.53. The summed E-state index contributed by atoms with van der Waals surface area (Å²) in [7, 11) is 0. The molecule has 0 bridgehead atoms. The molecule has 2 aromatic rings. The van der Waals surface area contributed by atoms with Crippen molar-refractivity contribution in [2.24, 2.45) is 10.9 Å². The van der Waals surface area contributed by atoms with Crippen molar-refractivity contribution in [3.8, 4) is 11.9 Å². The highest BCUT2D eigenvalue weighted by atomic mass is 35.5. The van der Waals surface area contributed by atoms with Crippen molar-refractivity contribution >= 4 is 41.6 Å². The highest BCUT2D eigenvalue weighted by Crippen LogP contribution is 2.16. The number of esters is 1. The number of guanidine groups is 1. The standard InChI is InChI=1S/C26H33ClN6O3.2ClH/c27-22-5-7-24(8-6-22)35-18-4-2-1-3-13-30-26(31-19-28)32-23-11-16-33(17-12-23)20-36-25(34)21-9-14-29-15-10-21;;/h5-8,11-12,16-17,21,29H,1-4,9-10,13-15,18,20H2,(H,30,31);2*1H. The number of pyridine rings is 1. The number of halogens is 3. The highest BCUT2D eigenvalue weighted by molar-refractivity contribution is 6.30. The summed E-state index contributed by atoms with van der Waals surface area (Å²) in [6.45, 7) is 3.15. The molecule has 12 heteroatoms. The van der Waals surface area contributed by atoms with Crippen LogP contribution >= 0.6 is 24.0 Å². The maximum Gasteiger partial charge on any atom is 0.313 e. The van der Waals surface area contributed by atoms with Gasteiger partial charge in [-0.25, -0.2) is 0 Å². The van der Waals surface area contributed by atoms with Crippen LogP contribution in [0.2, 0.25) is 5.02 Å².